The van der Waals surface area contributed by atoms with Crippen molar-refractivity contribution < 1.29 is 0 Å². The topological polar surface area (TPSA) is 66.5 Å². The van der Waals surface area contributed by atoms with Gasteiger partial charge in [-0.3, -0.25) is 0 Å². The molecule has 2 rings (SSSR count). The molecule has 0 atom stereocenters. The Morgan fingerprint density at radius 1 is 1.38 bits per heavy atom. The van der Waals surface area contributed by atoms with E-state index in [1.54, 1.807) is 0 Å². The average molecular weight is 282 g/mol. The normalized spacial score (nSPS) is 10.6. The van der Waals surface area contributed by atoms with Gasteiger partial charge in [0.2, 0.25) is 0 Å². The van der Waals surface area contributed by atoms with Crippen LogP contribution in [0.15, 0.2) is 22.7 Å². The lowest BCUT2D eigenvalue weighted by atomic mass is 10.1. The van der Waals surface area contributed by atoms with Crippen molar-refractivity contribution in [2.45, 2.75) is 20.0 Å². The van der Waals surface area contributed by atoms with Gasteiger partial charge in [-0.05, 0) is 24.1 Å². The molecule has 0 fully saturated rings. The van der Waals surface area contributed by atoms with E-state index in [0.29, 0.717) is 12.4 Å². The van der Waals surface area contributed by atoms with Crippen LogP contribution in [0.5, 0.6) is 0 Å². The number of nitrogens with one attached hydrogen (secondary N) is 2. The SMILES string of the molecule is Cc1ccc(CNCc2nn[nH]n2)cc1Br. The number of aromatic amines is 1. The Bertz CT molecular complexity index is 454. The predicted molar refractivity (Wildman–Crippen MR) is 63.6 cm³/mol. The van der Waals surface area contributed by atoms with Crippen molar-refractivity contribution in [3.05, 3.63) is 39.6 Å². The second-order valence-electron chi connectivity index (χ2n) is 3.52. The standard InChI is InChI=1S/C10H12BrN5/c1-7-2-3-8(4-9(7)11)5-12-6-10-13-15-16-14-10/h2-4,12H,5-6H2,1H3,(H,13,14,15,16). The zero-order valence-electron chi connectivity index (χ0n) is 8.87. The molecule has 1 aromatic heterocycles. The van der Waals surface area contributed by atoms with E-state index in [1.165, 1.54) is 11.1 Å². The number of H-pyrrole nitrogens is 1. The summed E-state index contributed by atoms with van der Waals surface area (Å²) in [5, 5.41) is 16.9. The molecular weight excluding hydrogens is 270 g/mol. The minimum Gasteiger partial charge on any atom is -0.306 e. The van der Waals surface area contributed by atoms with Crippen LogP contribution in [0.1, 0.15) is 17.0 Å². The molecule has 0 aliphatic carbocycles. The number of hydrogen-bond acceptors (Lipinski definition) is 4. The van der Waals surface area contributed by atoms with E-state index in [2.05, 4.69) is 67.0 Å². The van der Waals surface area contributed by atoms with E-state index in [4.69, 9.17) is 0 Å². The summed E-state index contributed by atoms with van der Waals surface area (Å²) in [6.07, 6.45) is 0. The Morgan fingerprint density at radius 2 is 2.25 bits per heavy atom. The molecular formula is C10H12BrN5. The summed E-state index contributed by atoms with van der Waals surface area (Å²) in [5.74, 6) is 0.672. The second-order valence-corrected chi connectivity index (χ2v) is 4.37. The van der Waals surface area contributed by atoms with Crippen LogP contribution in [-0.4, -0.2) is 20.6 Å². The third kappa shape index (κ3) is 2.86. The van der Waals surface area contributed by atoms with Crippen LogP contribution in [0.4, 0.5) is 0 Å². The van der Waals surface area contributed by atoms with Crippen LogP contribution in [-0.2, 0) is 13.1 Å². The van der Waals surface area contributed by atoms with Crippen LogP contribution in [0.3, 0.4) is 0 Å². The first kappa shape index (κ1) is 11.2. The fourth-order valence-electron chi connectivity index (χ4n) is 1.32. The van der Waals surface area contributed by atoms with Crippen LogP contribution >= 0.6 is 15.9 Å². The average Bonchev–Trinajstić information content (AvgIpc) is 2.76. The second kappa shape index (κ2) is 5.18. The Hall–Kier alpha value is -1.27. The number of hydrogen-bond donors (Lipinski definition) is 2. The number of benzene rings is 1. The van der Waals surface area contributed by atoms with Crippen molar-refractivity contribution in [1.29, 1.82) is 0 Å². The van der Waals surface area contributed by atoms with Crippen LogP contribution < -0.4 is 5.32 Å². The molecule has 0 bridgehead atoms. The number of rotatable bonds is 4. The van der Waals surface area contributed by atoms with E-state index in [0.717, 1.165) is 11.0 Å². The highest BCUT2D eigenvalue weighted by atomic mass is 79.9. The van der Waals surface area contributed by atoms with Gasteiger partial charge in [0.15, 0.2) is 5.82 Å². The molecule has 0 unspecified atom stereocenters. The third-order valence-electron chi connectivity index (χ3n) is 2.24. The molecule has 1 aromatic carbocycles. The maximum absolute atomic E-state index is 3.86. The lowest BCUT2D eigenvalue weighted by molar-refractivity contribution is 0.663. The number of aromatic nitrogens is 4. The van der Waals surface area contributed by atoms with E-state index in [9.17, 15) is 0 Å². The van der Waals surface area contributed by atoms with Crippen LogP contribution in [0, 0.1) is 6.92 Å². The summed E-state index contributed by atoms with van der Waals surface area (Å²) in [6.45, 7) is 3.47. The Kier molecular flexibility index (Phi) is 3.63. The van der Waals surface area contributed by atoms with Crippen molar-refractivity contribution in [2.24, 2.45) is 0 Å². The fraction of sp³-hybridized carbons (Fsp3) is 0.300. The number of tetrazole rings is 1. The van der Waals surface area contributed by atoms with Gasteiger partial charge in [-0.2, -0.15) is 5.21 Å². The molecule has 2 aromatic rings. The minimum atomic E-state index is 0.613. The quantitative estimate of drug-likeness (QED) is 0.893. The number of halogens is 1. The van der Waals surface area contributed by atoms with Crippen LogP contribution in [0.2, 0.25) is 0 Å². The molecule has 0 spiro atoms. The molecule has 0 radical (unpaired) electrons. The summed E-state index contributed by atoms with van der Waals surface area (Å²) in [5.41, 5.74) is 2.46. The molecule has 0 aliphatic rings. The lowest BCUT2D eigenvalue weighted by Gasteiger charge is -2.04. The first-order valence-corrected chi connectivity index (χ1v) is 5.73. The summed E-state index contributed by atoms with van der Waals surface area (Å²) in [7, 11) is 0. The predicted octanol–water partition coefficient (Wildman–Crippen LogP) is 1.56. The van der Waals surface area contributed by atoms with Gasteiger partial charge < -0.3 is 5.32 Å². The highest BCUT2D eigenvalue weighted by Gasteiger charge is 1.99. The van der Waals surface area contributed by atoms with Gasteiger partial charge in [0.25, 0.3) is 0 Å². The highest BCUT2D eigenvalue weighted by molar-refractivity contribution is 9.10. The first-order chi connectivity index (χ1) is 7.75. The van der Waals surface area contributed by atoms with Gasteiger partial charge in [0.1, 0.15) is 0 Å². The van der Waals surface area contributed by atoms with Crippen molar-refractivity contribution >= 4 is 15.9 Å². The monoisotopic (exact) mass is 281 g/mol. The summed E-state index contributed by atoms with van der Waals surface area (Å²) in [6, 6.07) is 6.30. The van der Waals surface area contributed by atoms with Crippen molar-refractivity contribution in [3.63, 3.8) is 0 Å². The molecule has 5 nitrogen and oxygen atoms in total. The Balaban J connectivity index is 1.87. The van der Waals surface area contributed by atoms with Gasteiger partial charge in [-0.25, -0.2) is 0 Å². The Morgan fingerprint density at radius 3 is 2.94 bits per heavy atom. The molecule has 0 amide bonds. The molecule has 16 heavy (non-hydrogen) atoms. The van der Waals surface area contributed by atoms with Gasteiger partial charge in [-0.15, -0.1) is 10.2 Å². The zero-order valence-corrected chi connectivity index (χ0v) is 10.5. The molecule has 1 heterocycles. The van der Waals surface area contributed by atoms with E-state index >= 15 is 0 Å². The molecule has 0 aliphatic heterocycles. The van der Waals surface area contributed by atoms with Gasteiger partial charge >= 0.3 is 0 Å². The molecule has 0 saturated heterocycles. The van der Waals surface area contributed by atoms with Crippen molar-refractivity contribution in [1.82, 2.24) is 25.9 Å². The Labute approximate surface area is 102 Å². The summed E-state index contributed by atoms with van der Waals surface area (Å²) >= 11 is 3.51. The lowest BCUT2D eigenvalue weighted by Crippen LogP contribution is -2.13. The molecule has 84 valence electrons. The van der Waals surface area contributed by atoms with Gasteiger partial charge in [-0.1, -0.05) is 33.3 Å². The minimum absolute atomic E-state index is 0.613. The molecule has 0 saturated carbocycles. The van der Waals surface area contributed by atoms with Crippen molar-refractivity contribution in [3.8, 4) is 0 Å². The van der Waals surface area contributed by atoms with Gasteiger partial charge in [0.05, 0.1) is 6.54 Å². The van der Waals surface area contributed by atoms with Crippen LogP contribution in [0.25, 0.3) is 0 Å². The maximum Gasteiger partial charge on any atom is 0.188 e. The smallest absolute Gasteiger partial charge is 0.188 e. The van der Waals surface area contributed by atoms with E-state index < -0.39 is 0 Å². The fourth-order valence-corrected chi connectivity index (χ4v) is 1.75. The van der Waals surface area contributed by atoms with E-state index in [-0.39, 0.29) is 0 Å². The van der Waals surface area contributed by atoms with Gasteiger partial charge in [0, 0.05) is 11.0 Å². The zero-order chi connectivity index (χ0) is 11.4. The molecule has 6 heteroatoms. The third-order valence-corrected chi connectivity index (χ3v) is 3.09. The largest absolute Gasteiger partial charge is 0.306 e. The first-order valence-electron chi connectivity index (χ1n) is 4.94. The molecule has 2 N–H and O–H groups in total. The van der Waals surface area contributed by atoms with E-state index in [1.807, 2.05) is 0 Å². The summed E-state index contributed by atoms with van der Waals surface area (Å²) < 4.78 is 1.13. The van der Waals surface area contributed by atoms with Crippen molar-refractivity contribution in [2.75, 3.05) is 0 Å². The number of aryl methyl sites for hydroxylation is 1. The maximum atomic E-state index is 3.86. The highest BCUT2D eigenvalue weighted by Crippen LogP contribution is 2.17. The summed E-state index contributed by atoms with van der Waals surface area (Å²) in [4.78, 5) is 0. The number of nitrogens with zero attached hydrogens (tertiary/aromatic N) is 3.